The van der Waals surface area contributed by atoms with Gasteiger partial charge >= 0.3 is 6.61 Å². The molecule has 0 bridgehead atoms. The van der Waals surface area contributed by atoms with Crippen LogP contribution in [0.5, 0.6) is 11.5 Å². The largest absolute Gasteiger partial charge is 0.487 e. The zero-order valence-corrected chi connectivity index (χ0v) is 19.6. The Balaban J connectivity index is 1.42. The number of nitrogens with zero attached hydrogens (tertiary/aromatic N) is 3. The third kappa shape index (κ3) is 5.61. The molecule has 2 amide bonds. The Bertz CT molecular complexity index is 1020. The van der Waals surface area contributed by atoms with Crippen LogP contribution in [0.3, 0.4) is 0 Å². The second-order valence-electron chi connectivity index (χ2n) is 8.71. The van der Waals surface area contributed by atoms with Crippen LogP contribution < -0.4 is 14.4 Å². The Labute approximate surface area is 195 Å². The molecule has 2 aliphatic rings. The summed E-state index contributed by atoms with van der Waals surface area (Å²) in [6, 6.07) is 4.74. The molecular weight excluding hydrogens is 452 g/mol. The lowest BCUT2D eigenvalue weighted by Crippen LogP contribution is -2.39. The average molecular weight is 480 g/mol. The molecule has 2 aromatic rings. The molecule has 1 saturated heterocycles. The summed E-state index contributed by atoms with van der Waals surface area (Å²) in [5.74, 6) is 0.173. The molecule has 7 nitrogen and oxygen atoms in total. The van der Waals surface area contributed by atoms with Crippen molar-refractivity contribution in [3.05, 3.63) is 34.8 Å². The summed E-state index contributed by atoms with van der Waals surface area (Å²) in [7, 11) is 1.67. The number of alkyl halides is 2. The molecule has 2 heterocycles. The van der Waals surface area contributed by atoms with Gasteiger partial charge in [0.25, 0.3) is 0 Å². The van der Waals surface area contributed by atoms with Gasteiger partial charge in [0.15, 0.2) is 16.6 Å². The highest BCUT2D eigenvalue weighted by Crippen LogP contribution is 2.41. The number of likely N-dealkylation sites (N-methyl/N-ethyl adjacent to an activating group) is 1. The molecular formula is C23H27F2N3O4S. The zero-order chi connectivity index (χ0) is 23.7. The van der Waals surface area contributed by atoms with Crippen molar-refractivity contribution in [1.29, 1.82) is 0 Å². The molecule has 0 radical (unpaired) electrons. The number of anilines is 1. The van der Waals surface area contributed by atoms with Gasteiger partial charge in [-0.25, -0.2) is 4.98 Å². The zero-order valence-electron chi connectivity index (χ0n) is 18.8. The van der Waals surface area contributed by atoms with E-state index in [0.29, 0.717) is 17.6 Å². The van der Waals surface area contributed by atoms with Crippen LogP contribution in [0.4, 0.5) is 13.9 Å². The first kappa shape index (κ1) is 23.4. The van der Waals surface area contributed by atoms with Gasteiger partial charge in [0, 0.05) is 37.2 Å². The number of aromatic nitrogens is 1. The van der Waals surface area contributed by atoms with E-state index < -0.39 is 6.61 Å². The summed E-state index contributed by atoms with van der Waals surface area (Å²) in [5, 5.41) is 2.63. The number of rotatable bonds is 9. The molecule has 0 spiro atoms. The number of carbonyl (C=O) groups is 2. The Hall–Kier alpha value is -2.75. The van der Waals surface area contributed by atoms with Crippen LogP contribution >= 0.6 is 11.3 Å². The van der Waals surface area contributed by atoms with E-state index in [1.807, 2.05) is 5.38 Å². The highest BCUT2D eigenvalue weighted by atomic mass is 32.1. The molecule has 4 rings (SSSR count). The molecule has 2 fully saturated rings. The fourth-order valence-corrected chi connectivity index (χ4v) is 4.73. The summed E-state index contributed by atoms with van der Waals surface area (Å²) >= 11 is 1.43. The first-order valence-electron chi connectivity index (χ1n) is 11.0. The number of ether oxygens (including phenoxy) is 2. The van der Waals surface area contributed by atoms with Crippen LogP contribution in [0.1, 0.15) is 56.2 Å². The predicted molar refractivity (Wildman–Crippen MR) is 120 cm³/mol. The van der Waals surface area contributed by atoms with Gasteiger partial charge in [0.2, 0.25) is 11.8 Å². The van der Waals surface area contributed by atoms with Crippen molar-refractivity contribution in [2.24, 2.45) is 0 Å². The van der Waals surface area contributed by atoms with Gasteiger partial charge in [-0.1, -0.05) is 6.07 Å². The number of carbonyl (C=O) groups excluding carboxylic acids is 2. The van der Waals surface area contributed by atoms with Gasteiger partial charge in [-0.2, -0.15) is 8.78 Å². The van der Waals surface area contributed by atoms with E-state index in [1.165, 1.54) is 27.2 Å². The van der Waals surface area contributed by atoms with Crippen molar-refractivity contribution in [3.8, 4) is 11.5 Å². The standard InChI is InChI=1S/C23H27F2N3O4S/c1-13(2)31-19-8-15(6-7-18(19)32-22(24)25)16-9-20(29)28(10-16)11-21(30)27(3)23-26-17(12-33-23)14-4-5-14/h6-8,12-14,16,22H,4-5,9-11H2,1-3H3/t16-/m1/s1. The van der Waals surface area contributed by atoms with Crippen molar-refractivity contribution < 1.29 is 27.8 Å². The molecule has 10 heteroatoms. The molecule has 1 aromatic heterocycles. The quantitative estimate of drug-likeness (QED) is 0.534. The van der Waals surface area contributed by atoms with Crippen molar-refractivity contribution in [2.45, 2.75) is 57.7 Å². The van der Waals surface area contributed by atoms with Gasteiger partial charge in [-0.05, 0) is 44.4 Å². The number of halogens is 2. The predicted octanol–water partition coefficient (Wildman–Crippen LogP) is 4.39. The molecule has 1 aliphatic carbocycles. The first-order chi connectivity index (χ1) is 15.7. The Morgan fingerprint density at radius 3 is 2.67 bits per heavy atom. The third-order valence-corrected chi connectivity index (χ3v) is 6.66. The topological polar surface area (TPSA) is 72.0 Å². The summed E-state index contributed by atoms with van der Waals surface area (Å²) in [4.78, 5) is 33.0. The summed E-state index contributed by atoms with van der Waals surface area (Å²) in [6.07, 6.45) is 2.28. The van der Waals surface area contributed by atoms with Gasteiger partial charge < -0.3 is 14.4 Å². The molecule has 1 saturated carbocycles. The maximum atomic E-state index is 12.8. The number of amides is 2. The number of likely N-dealkylation sites (tertiary alicyclic amines) is 1. The van der Waals surface area contributed by atoms with Crippen LogP contribution in [-0.4, -0.2) is 54.6 Å². The molecule has 33 heavy (non-hydrogen) atoms. The highest BCUT2D eigenvalue weighted by molar-refractivity contribution is 7.14. The number of hydrogen-bond acceptors (Lipinski definition) is 6. The fraction of sp³-hybridized carbons (Fsp3) is 0.522. The molecule has 1 aromatic carbocycles. The molecule has 1 aliphatic heterocycles. The smallest absolute Gasteiger partial charge is 0.387 e. The minimum atomic E-state index is -2.96. The van der Waals surface area contributed by atoms with Crippen LogP contribution in [0.2, 0.25) is 0 Å². The number of hydrogen-bond donors (Lipinski definition) is 0. The lowest BCUT2D eigenvalue weighted by atomic mass is 9.98. The summed E-state index contributed by atoms with van der Waals surface area (Å²) in [5.41, 5.74) is 1.81. The molecule has 0 N–H and O–H groups in total. The van der Waals surface area contributed by atoms with Gasteiger partial charge in [-0.15, -0.1) is 11.3 Å². The van der Waals surface area contributed by atoms with Gasteiger partial charge in [0.05, 0.1) is 11.8 Å². The fourth-order valence-electron chi connectivity index (χ4n) is 3.84. The monoisotopic (exact) mass is 479 g/mol. The minimum absolute atomic E-state index is 0.0356. The molecule has 178 valence electrons. The lowest BCUT2D eigenvalue weighted by molar-refractivity contribution is -0.132. The second-order valence-corrected chi connectivity index (χ2v) is 9.55. The molecule has 1 atom stereocenters. The van der Waals surface area contributed by atoms with E-state index in [-0.39, 0.29) is 48.3 Å². The van der Waals surface area contributed by atoms with E-state index >= 15 is 0 Å². The minimum Gasteiger partial charge on any atom is -0.487 e. The normalized spacial score (nSPS) is 18.3. The maximum Gasteiger partial charge on any atom is 0.387 e. The van der Waals surface area contributed by atoms with Crippen molar-refractivity contribution in [1.82, 2.24) is 9.88 Å². The maximum absolute atomic E-state index is 12.8. The van der Waals surface area contributed by atoms with E-state index in [0.717, 1.165) is 24.1 Å². The van der Waals surface area contributed by atoms with Crippen LogP contribution in [0.15, 0.2) is 23.6 Å². The average Bonchev–Trinajstić information content (AvgIpc) is 3.37. The van der Waals surface area contributed by atoms with Crippen LogP contribution in [0, 0.1) is 0 Å². The Kier molecular flexibility index (Phi) is 6.83. The van der Waals surface area contributed by atoms with Crippen molar-refractivity contribution in [3.63, 3.8) is 0 Å². The lowest BCUT2D eigenvalue weighted by Gasteiger charge is -2.21. The number of benzene rings is 1. The van der Waals surface area contributed by atoms with Crippen LogP contribution in [0.25, 0.3) is 0 Å². The van der Waals surface area contributed by atoms with Crippen LogP contribution in [-0.2, 0) is 9.59 Å². The highest BCUT2D eigenvalue weighted by Gasteiger charge is 2.34. The van der Waals surface area contributed by atoms with E-state index in [9.17, 15) is 18.4 Å². The first-order valence-corrected chi connectivity index (χ1v) is 11.8. The molecule has 0 unspecified atom stereocenters. The van der Waals surface area contributed by atoms with Gasteiger partial charge in [-0.3, -0.25) is 14.5 Å². The summed E-state index contributed by atoms with van der Waals surface area (Å²) in [6.45, 7) is 0.941. The number of thiazole rings is 1. The van der Waals surface area contributed by atoms with E-state index in [4.69, 9.17) is 4.74 Å². The Morgan fingerprint density at radius 2 is 2.00 bits per heavy atom. The van der Waals surface area contributed by atoms with Crippen molar-refractivity contribution >= 4 is 28.3 Å². The SMILES string of the molecule is CC(C)Oc1cc([C@@H]2CC(=O)N(CC(=O)N(C)c3nc(C4CC4)cs3)C2)ccc1OC(F)F. The summed E-state index contributed by atoms with van der Waals surface area (Å²) < 4.78 is 35.7. The van der Waals surface area contributed by atoms with E-state index in [2.05, 4.69) is 9.72 Å². The second kappa shape index (κ2) is 9.62. The third-order valence-electron chi connectivity index (χ3n) is 5.73. The van der Waals surface area contributed by atoms with Crippen molar-refractivity contribution in [2.75, 3.05) is 25.0 Å². The Morgan fingerprint density at radius 1 is 1.24 bits per heavy atom. The van der Waals surface area contributed by atoms with Gasteiger partial charge in [0.1, 0.15) is 6.54 Å². The van der Waals surface area contributed by atoms with E-state index in [1.54, 1.807) is 33.0 Å².